The van der Waals surface area contributed by atoms with Crippen LogP contribution in [0.15, 0.2) is 0 Å². The fourth-order valence-electron chi connectivity index (χ4n) is 1.28. The van der Waals surface area contributed by atoms with Gasteiger partial charge in [-0.3, -0.25) is 14.4 Å². The first-order valence-corrected chi connectivity index (χ1v) is 4.29. The first-order chi connectivity index (χ1) is 6.78. The maximum Gasteiger partial charge on any atom is 0.304 e. The highest BCUT2D eigenvalue weighted by atomic mass is 16.6. The topological polar surface area (TPSA) is 101 Å². The van der Waals surface area contributed by atoms with Gasteiger partial charge < -0.3 is 14.9 Å². The average Bonchev–Trinajstić information content (AvgIpc) is 2.11. The van der Waals surface area contributed by atoms with Crippen LogP contribution in [0, 0.1) is 0 Å². The molecule has 1 atom stereocenters. The van der Waals surface area contributed by atoms with Gasteiger partial charge in [0.05, 0.1) is 6.61 Å². The van der Waals surface area contributed by atoms with Crippen molar-refractivity contribution in [2.75, 3.05) is 6.61 Å². The molecule has 0 saturated heterocycles. The summed E-state index contributed by atoms with van der Waals surface area (Å²) in [5.41, 5.74) is -2.29. The van der Waals surface area contributed by atoms with Crippen LogP contribution in [-0.2, 0) is 19.1 Å². The Morgan fingerprint density at radius 3 is 1.80 bits per heavy atom. The van der Waals surface area contributed by atoms with Gasteiger partial charge in [0.1, 0.15) is 6.10 Å². The molecule has 2 N–H and O–H groups in total. The smallest absolute Gasteiger partial charge is 0.304 e. The molecule has 6 heteroatoms. The minimum Gasteiger partial charge on any atom is -0.440 e. The zero-order valence-electron chi connectivity index (χ0n) is 8.81. The van der Waals surface area contributed by atoms with Gasteiger partial charge in [0.25, 0.3) is 5.60 Å². The summed E-state index contributed by atoms with van der Waals surface area (Å²) in [6.45, 7) is 2.16. The number of rotatable bonds is 5. The van der Waals surface area contributed by atoms with Crippen molar-refractivity contribution in [2.45, 2.75) is 32.5 Å². The Balaban J connectivity index is 5.36. The molecular weight excluding hydrogens is 204 g/mol. The molecule has 0 fully saturated rings. The van der Waals surface area contributed by atoms with E-state index in [1.807, 2.05) is 0 Å². The zero-order valence-corrected chi connectivity index (χ0v) is 8.81. The lowest BCUT2D eigenvalue weighted by Gasteiger charge is -2.31. The van der Waals surface area contributed by atoms with E-state index in [1.54, 1.807) is 0 Å². The lowest BCUT2D eigenvalue weighted by Crippen LogP contribution is -2.58. The van der Waals surface area contributed by atoms with Gasteiger partial charge in [-0.05, 0) is 13.8 Å². The van der Waals surface area contributed by atoms with Gasteiger partial charge in [0.15, 0.2) is 11.6 Å². The third-order valence-corrected chi connectivity index (χ3v) is 1.99. The van der Waals surface area contributed by atoms with Gasteiger partial charge in [-0.2, -0.15) is 0 Å². The molecule has 15 heavy (non-hydrogen) atoms. The Hall–Kier alpha value is -1.27. The van der Waals surface area contributed by atoms with Crippen LogP contribution in [0.2, 0.25) is 0 Å². The normalized spacial score (nSPS) is 13.1. The largest absolute Gasteiger partial charge is 0.440 e. The van der Waals surface area contributed by atoms with E-state index in [-0.39, 0.29) is 0 Å². The molecule has 0 aromatic carbocycles. The molecule has 0 heterocycles. The van der Waals surface area contributed by atoms with Crippen molar-refractivity contribution in [2.24, 2.45) is 0 Å². The summed E-state index contributed by atoms with van der Waals surface area (Å²) in [6, 6.07) is 0. The molecule has 0 aromatic heterocycles. The molecule has 1 unspecified atom stereocenters. The van der Waals surface area contributed by atoms with Gasteiger partial charge in [-0.15, -0.1) is 0 Å². The van der Waals surface area contributed by atoms with Crippen molar-refractivity contribution < 1.29 is 29.3 Å². The van der Waals surface area contributed by atoms with E-state index in [4.69, 9.17) is 5.11 Å². The molecular formula is C9H14O6. The molecule has 0 aliphatic heterocycles. The van der Waals surface area contributed by atoms with Crippen molar-refractivity contribution in [1.82, 2.24) is 0 Å². The van der Waals surface area contributed by atoms with E-state index in [1.165, 1.54) is 0 Å². The first-order valence-electron chi connectivity index (χ1n) is 4.29. The molecule has 0 bridgehead atoms. The summed E-state index contributed by atoms with van der Waals surface area (Å²) >= 11 is 0. The Morgan fingerprint density at radius 2 is 1.60 bits per heavy atom. The maximum absolute atomic E-state index is 11.3. The van der Waals surface area contributed by atoms with Crippen molar-refractivity contribution in [3.63, 3.8) is 0 Å². The number of esters is 1. The third-order valence-electron chi connectivity index (χ3n) is 1.99. The Kier molecular flexibility index (Phi) is 4.57. The zero-order chi connectivity index (χ0) is 12.2. The van der Waals surface area contributed by atoms with Crippen LogP contribution in [-0.4, -0.2) is 46.1 Å². The number of Topliss-reactive ketones (excluding diaryl/α,β-unsaturated/α-hetero) is 2. The second-order valence-electron chi connectivity index (χ2n) is 3.14. The van der Waals surface area contributed by atoms with Crippen LogP contribution in [0.3, 0.4) is 0 Å². The molecule has 0 aliphatic rings. The standard InChI is InChI=1S/C9H14O6/c1-5(11)9(6(2)12,8(14)4-10)15-7(3)13/h8,10,14H,4H2,1-3H3. The van der Waals surface area contributed by atoms with Gasteiger partial charge >= 0.3 is 5.97 Å². The number of hydrogen-bond donors (Lipinski definition) is 2. The van der Waals surface area contributed by atoms with Gasteiger partial charge in [0, 0.05) is 6.92 Å². The molecule has 0 amide bonds. The predicted octanol–water partition coefficient (Wildman–Crippen LogP) is -1.18. The molecule has 86 valence electrons. The molecule has 0 radical (unpaired) electrons. The first kappa shape index (κ1) is 13.7. The molecule has 6 nitrogen and oxygen atoms in total. The number of aliphatic hydroxyl groups excluding tert-OH is 2. The van der Waals surface area contributed by atoms with Crippen molar-refractivity contribution in [3.8, 4) is 0 Å². The van der Waals surface area contributed by atoms with Crippen LogP contribution in [0.5, 0.6) is 0 Å². The van der Waals surface area contributed by atoms with Crippen LogP contribution in [0.4, 0.5) is 0 Å². The number of ketones is 2. The monoisotopic (exact) mass is 218 g/mol. The van der Waals surface area contributed by atoms with E-state index in [0.717, 1.165) is 20.8 Å². The van der Waals surface area contributed by atoms with E-state index < -0.39 is 35.8 Å². The quantitative estimate of drug-likeness (QED) is 0.445. The number of carbonyl (C=O) groups excluding carboxylic acids is 3. The Bertz CT molecular complexity index is 268. The fourth-order valence-corrected chi connectivity index (χ4v) is 1.28. The third kappa shape index (κ3) is 2.60. The maximum atomic E-state index is 11.3. The average molecular weight is 218 g/mol. The molecule has 0 spiro atoms. The van der Waals surface area contributed by atoms with Gasteiger partial charge in [-0.1, -0.05) is 0 Å². The summed E-state index contributed by atoms with van der Waals surface area (Å²) < 4.78 is 4.57. The SMILES string of the molecule is CC(=O)OC(C(C)=O)(C(C)=O)C(O)CO. The molecule has 0 rings (SSSR count). The number of carbonyl (C=O) groups is 3. The second kappa shape index (κ2) is 4.99. The summed E-state index contributed by atoms with van der Waals surface area (Å²) in [5, 5.41) is 18.1. The minimum absolute atomic E-state index is 0.827. The molecule has 0 aromatic rings. The highest BCUT2D eigenvalue weighted by Crippen LogP contribution is 2.20. The number of hydrogen-bond acceptors (Lipinski definition) is 6. The summed E-state index contributed by atoms with van der Waals surface area (Å²) in [5.74, 6) is -2.54. The number of ether oxygens (including phenoxy) is 1. The van der Waals surface area contributed by atoms with Crippen LogP contribution < -0.4 is 0 Å². The van der Waals surface area contributed by atoms with E-state index in [2.05, 4.69) is 4.74 Å². The predicted molar refractivity (Wildman–Crippen MR) is 49.0 cm³/mol. The lowest BCUT2D eigenvalue weighted by atomic mass is 9.88. The van der Waals surface area contributed by atoms with Gasteiger partial charge in [0.2, 0.25) is 0 Å². The Labute approximate surface area is 86.8 Å². The van der Waals surface area contributed by atoms with Crippen molar-refractivity contribution >= 4 is 17.5 Å². The van der Waals surface area contributed by atoms with Gasteiger partial charge in [-0.25, -0.2) is 0 Å². The van der Waals surface area contributed by atoms with Crippen LogP contribution in [0.25, 0.3) is 0 Å². The molecule has 0 saturated carbocycles. The highest BCUT2D eigenvalue weighted by molar-refractivity contribution is 6.10. The highest BCUT2D eigenvalue weighted by Gasteiger charge is 2.50. The van der Waals surface area contributed by atoms with Crippen molar-refractivity contribution in [3.05, 3.63) is 0 Å². The van der Waals surface area contributed by atoms with E-state index >= 15 is 0 Å². The van der Waals surface area contributed by atoms with Crippen LogP contribution >= 0.6 is 0 Å². The van der Waals surface area contributed by atoms with Crippen LogP contribution in [0.1, 0.15) is 20.8 Å². The Morgan fingerprint density at radius 1 is 1.20 bits per heavy atom. The van der Waals surface area contributed by atoms with Crippen molar-refractivity contribution in [1.29, 1.82) is 0 Å². The lowest BCUT2D eigenvalue weighted by molar-refractivity contribution is -0.184. The second-order valence-corrected chi connectivity index (χ2v) is 3.14. The molecule has 0 aliphatic carbocycles. The summed E-state index contributed by atoms with van der Waals surface area (Å²) in [7, 11) is 0. The van der Waals surface area contributed by atoms with E-state index in [9.17, 15) is 19.5 Å². The fraction of sp³-hybridized carbons (Fsp3) is 0.667. The minimum atomic E-state index is -2.29. The summed E-state index contributed by atoms with van der Waals surface area (Å²) in [6.07, 6.45) is -1.75. The summed E-state index contributed by atoms with van der Waals surface area (Å²) in [4.78, 5) is 33.3. The number of aliphatic hydroxyl groups is 2. The van der Waals surface area contributed by atoms with E-state index in [0.29, 0.717) is 0 Å².